The molecule has 0 saturated heterocycles. The molecule has 0 N–H and O–H groups in total. The number of rotatable bonds is 5. The van der Waals surface area contributed by atoms with E-state index in [1.807, 2.05) is 24.3 Å². The molecular weight excluding hydrogens is 368 g/mol. The molecule has 3 aromatic rings. The summed E-state index contributed by atoms with van der Waals surface area (Å²) in [7, 11) is 0. The van der Waals surface area contributed by atoms with E-state index in [4.69, 9.17) is 4.52 Å². The van der Waals surface area contributed by atoms with Crippen molar-refractivity contribution in [1.82, 2.24) is 10.1 Å². The number of hydrogen-bond acceptors (Lipinski definition) is 5. The minimum absolute atomic E-state index is 0.0717. The summed E-state index contributed by atoms with van der Waals surface area (Å²) in [6, 6.07) is 13.7. The molecule has 1 aromatic heterocycles. The van der Waals surface area contributed by atoms with Crippen LogP contribution in [0.25, 0.3) is 0 Å². The van der Waals surface area contributed by atoms with E-state index in [1.165, 1.54) is 13.0 Å². The lowest BCUT2D eigenvalue weighted by Crippen LogP contribution is -2.30. The van der Waals surface area contributed by atoms with Crippen LogP contribution in [0.3, 0.4) is 0 Å². The molecule has 144 valence electrons. The minimum atomic E-state index is -2.91. The summed E-state index contributed by atoms with van der Waals surface area (Å²) in [6.45, 7) is -1.42. The SMILES string of the molecule is CC(=O)N1c2ccccc2C[C@H]1c1nc(Cc2ccccc2OC(F)F)no1. The van der Waals surface area contributed by atoms with Crippen LogP contribution in [0, 0.1) is 0 Å². The van der Waals surface area contributed by atoms with Gasteiger partial charge in [0.25, 0.3) is 0 Å². The Morgan fingerprint density at radius 1 is 1.25 bits per heavy atom. The van der Waals surface area contributed by atoms with Gasteiger partial charge in [0.1, 0.15) is 11.8 Å². The van der Waals surface area contributed by atoms with E-state index < -0.39 is 6.61 Å². The van der Waals surface area contributed by atoms with Gasteiger partial charge in [-0.1, -0.05) is 41.6 Å². The van der Waals surface area contributed by atoms with Crippen molar-refractivity contribution in [3.63, 3.8) is 0 Å². The predicted molar refractivity (Wildman–Crippen MR) is 96.2 cm³/mol. The number of carbonyl (C=O) groups is 1. The van der Waals surface area contributed by atoms with E-state index >= 15 is 0 Å². The summed E-state index contributed by atoms with van der Waals surface area (Å²) >= 11 is 0. The van der Waals surface area contributed by atoms with Gasteiger partial charge in [-0.2, -0.15) is 13.8 Å². The first-order valence-electron chi connectivity index (χ1n) is 8.76. The van der Waals surface area contributed by atoms with Gasteiger partial charge < -0.3 is 9.26 Å². The van der Waals surface area contributed by atoms with Gasteiger partial charge in [0, 0.05) is 31.0 Å². The fraction of sp³-hybridized carbons (Fsp3) is 0.250. The number of carbonyl (C=O) groups excluding carboxylic acids is 1. The van der Waals surface area contributed by atoms with Crippen molar-refractivity contribution in [3.8, 4) is 5.75 Å². The van der Waals surface area contributed by atoms with Crippen LogP contribution in [-0.2, 0) is 17.6 Å². The van der Waals surface area contributed by atoms with E-state index in [0.717, 1.165) is 11.3 Å². The zero-order valence-electron chi connectivity index (χ0n) is 15.0. The van der Waals surface area contributed by atoms with E-state index in [0.29, 0.717) is 23.7 Å². The summed E-state index contributed by atoms with van der Waals surface area (Å²) in [4.78, 5) is 18.2. The van der Waals surface area contributed by atoms with Crippen LogP contribution in [0.4, 0.5) is 14.5 Å². The number of fused-ring (bicyclic) bond motifs is 1. The van der Waals surface area contributed by atoms with Crippen LogP contribution in [-0.4, -0.2) is 22.7 Å². The van der Waals surface area contributed by atoms with Crippen molar-refractivity contribution >= 4 is 11.6 Å². The van der Waals surface area contributed by atoms with E-state index in [1.54, 1.807) is 23.1 Å². The first-order valence-corrected chi connectivity index (χ1v) is 8.76. The van der Waals surface area contributed by atoms with Gasteiger partial charge in [0.15, 0.2) is 5.82 Å². The van der Waals surface area contributed by atoms with Crippen LogP contribution in [0.5, 0.6) is 5.75 Å². The molecule has 2 aromatic carbocycles. The summed E-state index contributed by atoms with van der Waals surface area (Å²) in [5.74, 6) is 0.598. The first-order chi connectivity index (χ1) is 13.5. The second-order valence-corrected chi connectivity index (χ2v) is 6.45. The molecule has 1 aliphatic rings. The van der Waals surface area contributed by atoms with Gasteiger partial charge >= 0.3 is 6.61 Å². The fourth-order valence-electron chi connectivity index (χ4n) is 3.48. The Hall–Kier alpha value is -3.29. The van der Waals surface area contributed by atoms with Gasteiger partial charge in [-0.15, -0.1) is 0 Å². The molecule has 0 unspecified atom stereocenters. The third kappa shape index (κ3) is 3.45. The van der Waals surface area contributed by atoms with Crippen molar-refractivity contribution in [2.24, 2.45) is 0 Å². The zero-order valence-corrected chi connectivity index (χ0v) is 15.0. The summed E-state index contributed by atoms with van der Waals surface area (Å²) < 4.78 is 35.1. The Morgan fingerprint density at radius 3 is 2.79 bits per heavy atom. The second-order valence-electron chi connectivity index (χ2n) is 6.45. The molecule has 0 fully saturated rings. The molecule has 0 radical (unpaired) electrons. The van der Waals surface area contributed by atoms with Crippen LogP contribution >= 0.6 is 0 Å². The molecule has 8 heteroatoms. The second kappa shape index (κ2) is 7.38. The monoisotopic (exact) mass is 385 g/mol. The number of benzene rings is 2. The van der Waals surface area contributed by atoms with Crippen molar-refractivity contribution in [2.45, 2.75) is 32.4 Å². The van der Waals surface area contributed by atoms with Gasteiger partial charge in [0.2, 0.25) is 11.8 Å². The molecular formula is C20H17F2N3O3. The maximum absolute atomic E-state index is 12.6. The molecule has 1 atom stereocenters. The van der Waals surface area contributed by atoms with Crippen molar-refractivity contribution in [2.75, 3.05) is 4.90 Å². The molecule has 28 heavy (non-hydrogen) atoms. The molecule has 0 bridgehead atoms. The van der Waals surface area contributed by atoms with E-state index in [2.05, 4.69) is 14.9 Å². The summed E-state index contributed by atoms with van der Waals surface area (Å²) in [6.07, 6.45) is 0.745. The Balaban J connectivity index is 1.58. The number of anilines is 1. The van der Waals surface area contributed by atoms with Crippen LogP contribution in [0.15, 0.2) is 53.1 Å². The molecule has 1 amide bonds. The van der Waals surface area contributed by atoms with Crippen molar-refractivity contribution < 1.29 is 22.8 Å². The number of nitrogens with zero attached hydrogens (tertiary/aromatic N) is 3. The maximum Gasteiger partial charge on any atom is 0.387 e. The molecule has 4 rings (SSSR count). The third-order valence-corrected chi connectivity index (χ3v) is 4.62. The third-order valence-electron chi connectivity index (χ3n) is 4.62. The van der Waals surface area contributed by atoms with Crippen molar-refractivity contribution in [3.05, 3.63) is 71.4 Å². The number of ether oxygens (including phenoxy) is 1. The molecule has 0 aliphatic carbocycles. The topological polar surface area (TPSA) is 68.5 Å². The van der Waals surface area contributed by atoms with Gasteiger partial charge in [-0.3, -0.25) is 9.69 Å². The molecule has 0 saturated carbocycles. The first kappa shape index (κ1) is 18.1. The highest BCUT2D eigenvalue weighted by atomic mass is 19.3. The lowest BCUT2D eigenvalue weighted by molar-refractivity contribution is -0.117. The fourth-order valence-corrected chi connectivity index (χ4v) is 3.48. The van der Waals surface area contributed by atoms with Gasteiger partial charge in [-0.05, 0) is 17.7 Å². The molecule has 2 heterocycles. The number of amides is 1. The summed E-state index contributed by atoms with van der Waals surface area (Å²) in [5, 5.41) is 3.97. The lowest BCUT2D eigenvalue weighted by Gasteiger charge is -2.21. The smallest absolute Gasteiger partial charge is 0.387 e. The van der Waals surface area contributed by atoms with Crippen LogP contribution < -0.4 is 9.64 Å². The summed E-state index contributed by atoms with van der Waals surface area (Å²) in [5.41, 5.74) is 2.38. The number of para-hydroxylation sites is 2. The Labute approximate surface area is 159 Å². The highest BCUT2D eigenvalue weighted by molar-refractivity contribution is 5.94. The standard InChI is InChI=1S/C20H17F2N3O3/c1-12(26)25-15-8-4-2-6-13(15)10-16(25)19-23-18(24-28-19)11-14-7-3-5-9-17(14)27-20(21)22/h2-9,16,20H,10-11H2,1H3/t16-/m0/s1. The van der Waals surface area contributed by atoms with E-state index in [9.17, 15) is 13.6 Å². The molecule has 6 nitrogen and oxygen atoms in total. The lowest BCUT2D eigenvalue weighted by atomic mass is 10.1. The minimum Gasteiger partial charge on any atom is -0.435 e. The number of aromatic nitrogens is 2. The molecule has 1 aliphatic heterocycles. The maximum atomic E-state index is 12.6. The highest BCUT2D eigenvalue weighted by Crippen LogP contribution is 2.39. The van der Waals surface area contributed by atoms with Gasteiger partial charge in [0.05, 0.1) is 0 Å². The van der Waals surface area contributed by atoms with Crippen LogP contribution in [0.2, 0.25) is 0 Å². The normalized spacial score (nSPS) is 15.7. The number of alkyl halides is 2. The van der Waals surface area contributed by atoms with Crippen molar-refractivity contribution in [1.29, 1.82) is 0 Å². The Kier molecular flexibility index (Phi) is 4.77. The highest BCUT2D eigenvalue weighted by Gasteiger charge is 2.36. The predicted octanol–water partition coefficient (Wildman–Crippen LogP) is 3.91. The average Bonchev–Trinajstić information content (AvgIpc) is 3.27. The van der Waals surface area contributed by atoms with Gasteiger partial charge in [-0.25, -0.2) is 0 Å². The zero-order chi connectivity index (χ0) is 19.7. The average molecular weight is 385 g/mol. The Bertz CT molecular complexity index is 1010. The van der Waals surface area contributed by atoms with E-state index in [-0.39, 0.29) is 24.1 Å². The number of hydrogen-bond donors (Lipinski definition) is 0. The van der Waals surface area contributed by atoms with Crippen LogP contribution in [0.1, 0.15) is 35.8 Å². The Morgan fingerprint density at radius 2 is 2.00 bits per heavy atom. The number of halogens is 2. The largest absolute Gasteiger partial charge is 0.435 e. The quantitative estimate of drug-likeness (QED) is 0.666. The molecule has 0 spiro atoms.